The number of hydrogen-bond donors (Lipinski definition) is 1. The number of carbonyl (C=O) groups is 2. The smallest absolute Gasteiger partial charge is 0.307 e. The normalized spacial score (nSPS) is 11.0. The van der Waals surface area contributed by atoms with Crippen molar-refractivity contribution in [3.8, 4) is 11.5 Å². The van der Waals surface area contributed by atoms with Crippen LogP contribution in [-0.4, -0.2) is 35.3 Å². The lowest BCUT2D eigenvalue weighted by atomic mass is 9.97. The molecule has 36 heavy (non-hydrogen) atoms. The van der Waals surface area contributed by atoms with Crippen LogP contribution in [0.5, 0.6) is 11.5 Å². The van der Waals surface area contributed by atoms with Gasteiger partial charge in [-0.05, 0) is 78.9 Å². The Morgan fingerprint density at radius 2 is 1.64 bits per heavy atom. The Morgan fingerprint density at radius 1 is 0.944 bits per heavy atom. The Kier molecular flexibility index (Phi) is 7.74. The quantitative estimate of drug-likeness (QED) is 0.277. The molecule has 0 bridgehead atoms. The van der Waals surface area contributed by atoms with Gasteiger partial charge in [-0.1, -0.05) is 37.6 Å². The second kappa shape index (κ2) is 11.1. The summed E-state index contributed by atoms with van der Waals surface area (Å²) in [6, 6.07) is 20.5. The molecule has 6 heteroatoms. The van der Waals surface area contributed by atoms with Crippen LogP contribution in [0.2, 0.25) is 0 Å². The van der Waals surface area contributed by atoms with E-state index in [1.54, 1.807) is 23.8 Å². The Hall–Kier alpha value is -4.06. The summed E-state index contributed by atoms with van der Waals surface area (Å²) in [5.74, 6) is 0.430. The fraction of sp³-hybridized carbons (Fsp3) is 0.267. The van der Waals surface area contributed by atoms with Gasteiger partial charge in [0.1, 0.15) is 11.5 Å². The first-order chi connectivity index (χ1) is 17.4. The molecule has 0 radical (unpaired) electrons. The fourth-order valence-electron chi connectivity index (χ4n) is 4.51. The lowest BCUT2D eigenvalue weighted by molar-refractivity contribution is -0.136. The number of benzene rings is 3. The number of methoxy groups -OCH3 is 1. The number of rotatable bonds is 10. The van der Waals surface area contributed by atoms with Crippen molar-refractivity contribution in [3.05, 3.63) is 94.7 Å². The molecule has 0 aliphatic heterocycles. The first-order valence-electron chi connectivity index (χ1n) is 12.2. The topological polar surface area (TPSA) is 77.8 Å². The predicted octanol–water partition coefficient (Wildman–Crippen LogP) is 6.04. The van der Waals surface area contributed by atoms with Gasteiger partial charge in [0.15, 0.2) is 0 Å². The van der Waals surface area contributed by atoms with Crippen LogP contribution in [0.15, 0.2) is 66.7 Å². The van der Waals surface area contributed by atoms with Gasteiger partial charge in [-0.25, -0.2) is 0 Å². The highest BCUT2D eigenvalue weighted by Crippen LogP contribution is 2.32. The number of carboxylic acids is 1. The number of aliphatic carboxylic acids is 1. The van der Waals surface area contributed by atoms with Crippen molar-refractivity contribution < 1.29 is 24.2 Å². The van der Waals surface area contributed by atoms with E-state index in [0.29, 0.717) is 29.7 Å². The van der Waals surface area contributed by atoms with Gasteiger partial charge < -0.3 is 14.6 Å². The summed E-state index contributed by atoms with van der Waals surface area (Å²) >= 11 is 0. The van der Waals surface area contributed by atoms with Crippen LogP contribution in [0, 0.1) is 6.92 Å². The van der Waals surface area contributed by atoms with Crippen molar-refractivity contribution in [2.45, 2.75) is 39.5 Å². The lowest BCUT2D eigenvalue weighted by Gasteiger charge is -2.10. The highest BCUT2D eigenvalue weighted by atomic mass is 16.5. The molecule has 0 amide bonds. The molecule has 0 saturated carbocycles. The monoisotopic (exact) mass is 485 g/mol. The summed E-state index contributed by atoms with van der Waals surface area (Å²) in [5, 5.41) is 10.4. The Bertz CT molecular complexity index is 1370. The third-order valence-electron chi connectivity index (χ3n) is 6.40. The van der Waals surface area contributed by atoms with Gasteiger partial charge in [0.25, 0.3) is 5.91 Å². The number of unbranched alkanes of at least 4 members (excludes halogenated alkanes) is 1. The standard InChI is InChI=1S/C30H31NO5/c1-4-5-17-36-25-15-11-22(12-16-25)30(34)31-20(2)26(18-21-9-13-24(35-3)14-10-21)29-23(19-28(32)33)7-6-8-27(29)31/h6-16H,4-5,17-19H2,1-3H3,(H,32,33). The average molecular weight is 486 g/mol. The number of nitrogens with zero attached hydrogens (tertiary/aromatic N) is 1. The molecule has 0 aliphatic rings. The minimum atomic E-state index is -0.909. The summed E-state index contributed by atoms with van der Waals surface area (Å²) in [5.41, 5.74) is 4.73. The highest BCUT2D eigenvalue weighted by molar-refractivity contribution is 6.05. The molecule has 6 nitrogen and oxygen atoms in total. The summed E-state index contributed by atoms with van der Waals surface area (Å²) < 4.78 is 12.7. The molecule has 0 atom stereocenters. The van der Waals surface area contributed by atoms with Crippen molar-refractivity contribution >= 4 is 22.8 Å². The molecule has 0 spiro atoms. The number of carboxylic acid groups (broad SMARTS) is 1. The van der Waals surface area contributed by atoms with Gasteiger partial charge in [-0.3, -0.25) is 14.2 Å². The zero-order valence-corrected chi connectivity index (χ0v) is 20.9. The third-order valence-corrected chi connectivity index (χ3v) is 6.40. The van der Waals surface area contributed by atoms with Crippen molar-refractivity contribution in [3.63, 3.8) is 0 Å². The number of fused-ring (bicyclic) bond motifs is 1. The van der Waals surface area contributed by atoms with E-state index in [0.717, 1.165) is 46.5 Å². The minimum absolute atomic E-state index is 0.117. The molecule has 3 aromatic carbocycles. The number of ether oxygens (including phenoxy) is 2. The maximum Gasteiger partial charge on any atom is 0.307 e. The molecular formula is C30H31NO5. The minimum Gasteiger partial charge on any atom is -0.497 e. The first kappa shape index (κ1) is 25.0. The van der Waals surface area contributed by atoms with Crippen LogP contribution in [-0.2, 0) is 17.6 Å². The van der Waals surface area contributed by atoms with Crippen LogP contribution in [0.3, 0.4) is 0 Å². The van der Waals surface area contributed by atoms with Crippen LogP contribution in [0.25, 0.3) is 10.9 Å². The summed E-state index contributed by atoms with van der Waals surface area (Å²) in [6.45, 7) is 4.68. The van der Waals surface area contributed by atoms with E-state index in [1.165, 1.54) is 0 Å². The fourth-order valence-corrected chi connectivity index (χ4v) is 4.51. The number of aromatic nitrogens is 1. The van der Waals surface area contributed by atoms with E-state index >= 15 is 0 Å². The molecule has 186 valence electrons. The average Bonchev–Trinajstić information content (AvgIpc) is 3.16. The van der Waals surface area contributed by atoms with Crippen LogP contribution < -0.4 is 9.47 Å². The molecular weight excluding hydrogens is 454 g/mol. The van der Waals surface area contributed by atoms with Crippen LogP contribution in [0.1, 0.15) is 52.5 Å². The maximum atomic E-state index is 13.7. The van der Waals surface area contributed by atoms with Crippen LogP contribution in [0.4, 0.5) is 0 Å². The summed E-state index contributed by atoms with van der Waals surface area (Å²) in [7, 11) is 1.63. The van der Waals surface area contributed by atoms with E-state index in [4.69, 9.17) is 9.47 Å². The van der Waals surface area contributed by atoms with E-state index in [1.807, 2.05) is 61.5 Å². The zero-order chi connectivity index (χ0) is 25.7. The largest absolute Gasteiger partial charge is 0.497 e. The predicted molar refractivity (Wildman–Crippen MR) is 140 cm³/mol. The lowest BCUT2D eigenvalue weighted by Crippen LogP contribution is -2.14. The molecule has 1 aromatic heterocycles. The third kappa shape index (κ3) is 5.28. The maximum absolute atomic E-state index is 13.7. The van der Waals surface area contributed by atoms with Gasteiger partial charge in [0, 0.05) is 16.6 Å². The number of hydrogen-bond acceptors (Lipinski definition) is 4. The van der Waals surface area contributed by atoms with Gasteiger partial charge in [-0.2, -0.15) is 0 Å². The van der Waals surface area contributed by atoms with Gasteiger partial charge in [-0.15, -0.1) is 0 Å². The van der Waals surface area contributed by atoms with Crippen molar-refractivity contribution in [1.29, 1.82) is 0 Å². The van der Waals surface area contributed by atoms with E-state index in [9.17, 15) is 14.7 Å². The number of carbonyl (C=O) groups excluding carboxylic acids is 1. The molecule has 0 saturated heterocycles. The van der Waals surface area contributed by atoms with E-state index in [2.05, 4.69) is 6.92 Å². The Labute approximate surface area is 211 Å². The summed E-state index contributed by atoms with van der Waals surface area (Å²) in [4.78, 5) is 25.4. The Morgan fingerprint density at radius 3 is 2.28 bits per heavy atom. The van der Waals surface area contributed by atoms with E-state index in [-0.39, 0.29) is 12.3 Å². The Balaban J connectivity index is 1.77. The van der Waals surface area contributed by atoms with Crippen molar-refractivity contribution in [1.82, 2.24) is 4.57 Å². The highest BCUT2D eigenvalue weighted by Gasteiger charge is 2.23. The first-order valence-corrected chi connectivity index (χ1v) is 12.2. The second-order valence-corrected chi connectivity index (χ2v) is 8.84. The molecule has 1 heterocycles. The SMILES string of the molecule is CCCCOc1ccc(C(=O)n2c(C)c(Cc3ccc(OC)cc3)c3c(CC(=O)O)cccc32)cc1. The molecule has 4 rings (SSSR count). The van der Waals surface area contributed by atoms with Gasteiger partial charge in [0.2, 0.25) is 0 Å². The second-order valence-electron chi connectivity index (χ2n) is 8.84. The molecule has 0 unspecified atom stereocenters. The zero-order valence-electron chi connectivity index (χ0n) is 20.9. The molecule has 0 aliphatic carbocycles. The van der Waals surface area contributed by atoms with Crippen LogP contribution >= 0.6 is 0 Å². The molecule has 1 N–H and O–H groups in total. The van der Waals surface area contributed by atoms with Gasteiger partial charge >= 0.3 is 5.97 Å². The molecule has 0 fully saturated rings. The summed E-state index contributed by atoms with van der Waals surface area (Å²) in [6.07, 6.45) is 2.48. The molecule has 4 aromatic rings. The van der Waals surface area contributed by atoms with E-state index < -0.39 is 5.97 Å². The van der Waals surface area contributed by atoms with Crippen molar-refractivity contribution in [2.75, 3.05) is 13.7 Å². The van der Waals surface area contributed by atoms with Gasteiger partial charge in [0.05, 0.1) is 25.7 Å². The van der Waals surface area contributed by atoms with Crippen molar-refractivity contribution in [2.24, 2.45) is 0 Å².